The van der Waals surface area contributed by atoms with Gasteiger partial charge in [0.05, 0.1) is 11.5 Å². The third-order valence-corrected chi connectivity index (χ3v) is 2.45. The molecule has 0 radical (unpaired) electrons. The van der Waals surface area contributed by atoms with Gasteiger partial charge in [0.15, 0.2) is 0 Å². The summed E-state index contributed by atoms with van der Waals surface area (Å²) in [6.45, 7) is 3.93. The maximum absolute atomic E-state index is 9.04. The van der Waals surface area contributed by atoms with Crippen molar-refractivity contribution in [3.63, 3.8) is 0 Å². The molecule has 1 rings (SSSR count). The first-order valence-electron chi connectivity index (χ1n) is 4.56. The third-order valence-electron chi connectivity index (χ3n) is 2.45. The zero-order valence-corrected chi connectivity index (χ0v) is 7.64. The lowest BCUT2D eigenvalue weighted by atomic mass is 9.79. The van der Waals surface area contributed by atoms with Crippen LogP contribution in [0.1, 0.15) is 26.2 Å². The fourth-order valence-electron chi connectivity index (χ4n) is 1.63. The minimum absolute atomic E-state index is 0.120. The highest BCUT2D eigenvalue weighted by Crippen LogP contribution is 2.29. The van der Waals surface area contributed by atoms with E-state index in [-0.39, 0.29) is 5.41 Å². The summed E-state index contributed by atoms with van der Waals surface area (Å²) in [6, 6.07) is 2.44. The molecule has 0 spiro atoms. The molecule has 0 saturated carbocycles. The normalized spacial score (nSPS) is 30.3. The van der Waals surface area contributed by atoms with Crippen molar-refractivity contribution < 1.29 is 0 Å². The maximum Gasteiger partial charge on any atom is 0.0732 e. The lowest BCUT2D eigenvalue weighted by Gasteiger charge is -2.30. The van der Waals surface area contributed by atoms with E-state index in [1.165, 1.54) is 0 Å². The molecule has 1 unspecified atom stereocenters. The Morgan fingerprint density at radius 1 is 1.67 bits per heavy atom. The van der Waals surface area contributed by atoms with E-state index in [0.29, 0.717) is 0 Å². The number of rotatable bonds is 2. The van der Waals surface area contributed by atoms with E-state index in [1.54, 1.807) is 0 Å². The predicted molar refractivity (Wildman–Crippen MR) is 49.6 cm³/mol. The lowest BCUT2D eigenvalue weighted by Crippen LogP contribution is -2.38. The maximum atomic E-state index is 9.04. The summed E-state index contributed by atoms with van der Waals surface area (Å²) in [6.07, 6.45) is 7.18. The number of nitrogens with zero attached hydrogens (tertiary/aromatic N) is 1. The number of nitrogens with one attached hydrogen (secondary N) is 1. The molecule has 1 saturated heterocycles. The number of piperidine rings is 1. The van der Waals surface area contributed by atoms with Gasteiger partial charge in [-0.05, 0) is 32.7 Å². The highest BCUT2D eigenvalue weighted by Gasteiger charge is 2.30. The minimum atomic E-state index is -0.120. The first-order valence-corrected chi connectivity index (χ1v) is 4.56. The van der Waals surface area contributed by atoms with Crippen molar-refractivity contribution in [3.8, 4) is 6.07 Å². The Morgan fingerprint density at radius 3 is 3.00 bits per heavy atom. The van der Waals surface area contributed by atoms with Crippen LogP contribution in [0.2, 0.25) is 0 Å². The van der Waals surface area contributed by atoms with Gasteiger partial charge in [0, 0.05) is 6.54 Å². The van der Waals surface area contributed by atoms with Crippen molar-refractivity contribution in [2.24, 2.45) is 5.41 Å². The van der Waals surface area contributed by atoms with Crippen molar-refractivity contribution >= 4 is 0 Å². The second-order valence-corrected chi connectivity index (χ2v) is 3.45. The van der Waals surface area contributed by atoms with Crippen LogP contribution in [0.4, 0.5) is 0 Å². The van der Waals surface area contributed by atoms with Crippen LogP contribution in [0, 0.1) is 16.7 Å². The van der Waals surface area contributed by atoms with E-state index < -0.39 is 0 Å². The Labute approximate surface area is 74.3 Å². The lowest BCUT2D eigenvalue weighted by molar-refractivity contribution is 0.291. The molecule has 0 aliphatic carbocycles. The molecule has 0 amide bonds. The molecular weight excluding hydrogens is 148 g/mol. The highest BCUT2D eigenvalue weighted by molar-refractivity contribution is 5.06. The second-order valence-electron chi connectivity index (χ2n) is 3.45. The Bertz CT molecular complexity index is 194. The predicted octanol–water partition coefficient (Wildman–Crippen LogP) is 1.85. The van der Waals surface area contributed by atoms with Crippen molar-refractivity contribution in [1.82, 2.24) is 5.32 Å². The first kappa shape index (κ1) is 9.28. The SMILES string of the molecule is C/C=C/CC1(C#N)CCCNC1. The Morgan fingerprint density at radius 2 is 2.50 bits per heavy atom. The summed E-state index contributed by atoms with van der Waals surface area (Å²) in [7, 11) is 0. The van der Waals surface area contributed by atoms with Gasteiger partial charge in [-0.25, -0.2) is 0 Å². The van der Waals surface area contributed by atoms with Crippen LogP contribution in [0.25, 0.3) is 0 Å². The molecule has 1 atom stereocenters. The molecule has 0 aromatic heterocycles. The molecule has 1 heterocycles. The summed E-state index contributed by atoms with van der Waals surface area (Å²) in [4.78, 5) is 0. The third kappa shape index (κ3) is 2.09. The molecule has 0 aromatic carbocycles. The number of hydrogen-bond donors (Lipinski definition) is 1. The van der Waals surface area contributed by atoms with E-state index in [4.69, 9.17) is 5.26 Å². The van der Waals surface area contributed by atoms with E-state index in [1.807, 2.05) is 13.0 Å². The Hall–Kier alpha value is -0.810. The average Bonchev–Trinajstić information content (AvgIpc) is 2.16. The highest BCUT2D eigenvalue weighted by atomic mass is 14.9. The van der Waals surface area contributed by atoms with Gasteiger partial charge in [-0.3, -0.25) is 0 Å². The van der Waals surface area contributed by atoms with Crippen molar-refractivity contribution in [3.05, 3.63) is 12.2 Å². The quantitative estimate of drug-likeness (QED) is 0.632. The average molecular weight is 164 g/mol. The molecule has 1 aliphatic heterocycles. The van der Waals surface area contributed by atoms with Gasteiger partial charge >= 0.3 is 0 Å². The van der Waals surface area contributed by atoms with Gasteiger partial charge < -0.3 is 5.32 Å². The largest absolute Gasteiger partial charge is 0.315 e. The van der Waals surface area contributed by atoms with Gasteiger partial charge in [0.1, 0.15) is 0 Å². The molecule has 2 nitrogen and oxygen atoms in total. The Balaban J connectivity index is 2.55. The summed E-state index contributed by atoms with van der Waals surface area (Å²) >= 11 is 0. The Kier molecular flexibility index (Phi) is 3.31. The van der Waals surface area contributed by atoms with Gasteiger partial charge in [-0.2, -0.15) is 5.26 Å². The van der Waals surface area contributed by atoms with Crippen LogP contribution in [0.3, 0.4) is 0 Å². The number of nitriles is 1. The van der Waals surface area contributed by atoms with Crippen molar-refractivity contribution in [2.45, 2.75) is 26.2 Å². The van der Waals surface area contributed by atoms with Crippen LogP contribution in [-0.4, -0.2) is 13.1 Å². The molecule has 1 fully saturated rings. The molecule has 1 aliphatic rings. The molecule has 0 bridgehead atoms. The standard InChI is InChI=1S/C10H16N2/c1-2-3-5-10(8-11)6-4-7-12-9-10/h2-3,12H,4-7,9H2,1H3/b3-2+. The van der Waals surface area contributed by atoms with Crippen molar-refractivity contribution in [2.75, 3.05) is 13.1 Å². The smallest absolute Gasteiger partial charge is 0.0732 e. The van der Waals surface area contributed by atoms with Crippen LogP contribution in [0.15, 0.2) is 12.2 Å². The fraction of sp³-hybridized carbons (Fsp3) is 0.700. The molecule has 0 aromatic rings. The molecular formula is C10H16N2. The summed E-state index contributed by atoms with van der Waals surface area (Å²) in [5, 5.41) is 12.3. The number of allylic oxidation sites excluding steroid dienone is 2. The monoisotopic (exact) mass is 164 g/mol. The van der Waals surface area contributed by atoms with Crippen LogP contribution < -0.4 is 5.32 Å². The number of hydrogen-bond acceptors (Lipinski definition) is 2. The topological polar surface area (TPSA) is 35.8 Å². The first-order chi connectivity index (χ1) is 5.83. The van der Waals surface area contributed by atoms with E-state index in [0.717, 1.165) is 32.4 Å². The van der Waals surface area contributed by atoms with Crippen molar-refractivity contribution in [1.29, 1.82) is 5.26 Å². The summed E-state index contributed by atoms with van der Waals surface area (Å²) in [5.41, 5.74) is -0.120. The summed E-state index contributed by atoms with van der Waals surface area (Å²) in [5.74, 6) is 0. The van der Waals surface area contributed by atoms with E-state index in [2.05, 4.69) is 17.5 Å². The molecule has 2 heteroatoms. The second kappa shape index (κ2) is 4.27. The van der Waals surface area contributed by atoms with Crippen LogP contribution in [0.5, 0.6) is 0 Å². The molecule has 66 valence electrons. The van der Waals surface area contributed by atoms with Gasteiger partial charge in [-0.15, -0.1) is 0 Å². The zero-order valence-electron chi connectivity index (χ0n) is 7.64. The van der Waals surface area contributed by atoms with E-state index >= 15 is 0 Å². The molecule has 1 N–H and O–H groups in total. The zero-order chi connectivity index (χ0) is 8.86. The van der Waals surface area contributed by atoms with Crippen LogP contribution in [-0.2, 0) is 0 Å². The molecule has 12 heavy (non-hydrogen) atoms. The van der Waals surface area contributed by atoms with E-state index in [9.17, 15) is 0 Å². The fourth-order valence-corrected chi connectivity index (χ4v) is 1.63. The summed E-state index contributed by atoms with van der Waals surface area (Å²) < 4.78 is 0. The van der Waals surface area contributed by atoms with Gasteiger partial charge in [0.2, 0.25) is 0 Å². The van der Waals surface area contributed by atoms with Gasteiger partial charge in [0.25, 0.3) is 0 Å². The van der Waals surface area contributed by atoms with Gasteiger partial charge in [-0.1, -0.05) is 12.2 Å². The van der Waals surface area contributed by atoms with Crippen LogP contribution >= 0.6 is 0 Å². The minimum Gasteiger partial charge on any atom is -0.315 e.